The first-order valence-corrected chi connectivity index (χ1v) is 7.81. The molecule has 0 unspecified atom stereocenters. The molecule has 8 nitrogen and oxygen atoms in total. The van der Waals surface area contributed by atoms with Gasteiger partial charge in [-0.15, -0.1) is 0 Å². The molecule has 26 heavy (non-hydrogen) atoms. The molecule has 0 aliphatic rings. The van der Waals surface area contributed by atoms with Crippen molar-refractivity contribution in [2.24, 2.45) is 5.10 Å². The highest BCUT2D eigenvalue weighted by atomic mass is 35.5. The number of nitro benzene ring substituents is 1. The van der Waals surface area contributed by atoms with Gasteiger partial charge >= 0.3 is 0 Å². The minimum Gasteiger partial charge on any atom is -0.493 e. The standard InChI is InChI=1S/C16H13Cl2N3O5/c1-25-14-5-9(13(21(23)24)7-15(14)26-2)8-19-20-16(22)11-6-10(17)3-4-12(11)18/h3-8H,1-2H3,(H,20,22)/b19-8-. The Hall–Kier alpha value is -2.84. The first-order chi connectivity index (χ1) is 12.4. The van der Waals surface area contributed by atoms with E-state index in [0.29, 0.717) is 5.02 Å². The Bertz CT molecular complexity index is 886. The maximum Gasteiger partial charge on any atom is 0.282 e. The van der Waals surface area contributed by atoms with Crippen molar-refractivity contribution < 1.29 is 19.2 Å². The molecule has 1 amide bonds. The molecule has 0 bridgehead atoms. The lowest BCUT2D eigenvalue weighted by molar-refractivity contribution is -0.385. The monoisotopic (exact) mass is 397 g/mol. The predicted molar refractivity (Wildman–Crippen MR) is 97.7 cm³/mol. The van der Waals surface area contributed by atoms with Crippen LogP contribution in [0.2, 0.25) is 10.0 Å². The summed E-state index contributed by atoms with van der Waals surface area (Å²) in [5.41, 5.74) is 2.22. The summed E-state index contributed by atoms with van der Waals surface area (Å²) in [6.45, 7) is 0. The highest BCUT2D eigenvalue weighted by molar-refractivity contribution is 6.35. The lowest BCUT2D eigenvalue weighted by Gasteiger charge is -2.08. The third-order valence-corrected chi connectivity index (χ3v) is 3.84. The molecule has 136 valence electrons. The fourth-order valence-electron chi connectivity index (χ4n) is 2.04. The topological polar surface area (TPSA) is 103 Å². The van der Waals surface area contributed by atoms with Crippen LogP contribution in [-0.2, 0) is 0 Å². The number of amides is 1. The van der Waals surface area contributed by atoms with E-state index in [1.165, 1.54) is 44.6 Å². The third kappa shape index (κ3) is 4.41. The van der Waals surface area contributed by atoms with E-state index in [-0.39, 0.29) is 33.3 Å². The molecular formula is C16H13Cl2N3O5. The van der Waals surface area contributed by atoms with E-state index in [0.717, 1.165) is 6.21 Å². The number of ether oxygens (including phenoxy) is 2. The largest absolute Gasteiger partial charge is 0.493 e. The van der Waals surface area contributed by atoms with Gasteiger partial charge in [-0.05, 0) is 24.3 Å². The van der Waals surface area contributed by atoms with Crippen molar-refractivity contribution in [1.82, 2.24) is 5.43 Å². The fourth-order valence-corrected chi connectivity index (χ4v) is 2.41. The van der Waals surface area contributed by atoms with Crippen molar-refractivity contribution in [3.8, 4) is 11.5 Å². The van der Waals surface area contributed by atoms with Crippen LogP contribution in [0.1, 0.15) is 15.9 Å². The predicted octanol–water partition coefficient (Wildman–Crippen LogP) is 3.68. The number of carbonyl (C=O) groups is 1. The molecule has 0 heterocycles. The number of benzene rings is 2. The van der Waals surface area contributed by atoms with Crippen molar-refractivity contribution in [1.29, 1.82) is 0 Å². The van der Waals surface area contributed by atoms with E-state index >= 15 is 0 Å². The van der Waals surface area contributed by atoms with Gasteiger partial charge in [0, 0.05) is 5.02 Å². The van der Waals surface area contributed by atoms with Gasteiger partial charge < -0.3 is 9.47 Å². The van der Waals surface area contributed by atoms with Crippen molar-refractivity contribution in [3.63, 3.8) is 0 Å². The molecule has 0 aromatic heterocycles. The highest BCUT2D eigenvalue weighted by Gasteiger charge is 2.18. The number of halogens is 2. The minimum atomic E-state index is -0.614. The molecule has 0 aliphatic carbocycles. The van der Waals surface area contributed by atoms with Gasteiger partial charge in [0.2, 0.25) is 0 Å². The maximum absolute atomic E-state index is 12.1. The molecule has 0 aliphatic heterocycles. The first kappa shape index (κ1) is 19.5. The molecule has 2 rings (SSSR count). The molecule has 0 fully saturated rings. The Kier molecular flexibility index (Phi) is 6.37. The lowest BCUT2D eigenvalue weighted by atomic mass is 10.1. The molecule has 10 heteroatoms. The molecule has 0 saturated heterocycles. The van der Waals surface area contributed by atoms with Crippen LogP contribution in [0.4, 0.5) is 5.69 Å². The summed E-state index contributed by atoms with van der Waals surface area (Å²) in [7, 11) is 2.76. The second-order valence-corrected chi connectivity index (χ2v) is 5.69. The van der Waals surface area contributed by atoms with Crippen LogP contribution in [-0.4, -0.2) is 31.3 Å². The van der Waals surface area contributed by atoms with Crippen LogP contribution in [0, 0.1) is 10.1 Å². The van der Waals surface area contributed by atoms with Gasteiger partial charge in [0.1, 0.15) is 0 Å². The van der Waals surface area contributed by atoms with Gasteiger partial charge in [-0.2, -0.15) is 5.10 Å². The average molecular weight is 398 g/mol. The molecule has 2 aromatic carbocycles. The zero-order valence-electron chi connectivity index (χ0n) is 13.7. The minimum absolute atomic E-state index is 0.116. The SMILES string of the molecule is COc1cc(/C=N\NC(=O)c2cc(Cl)ccc2Cl)c([N+](=O)[O-])cc1OC. The quantitative estimate of drug-likeness (QED) is 0.454. The van der Waals surface area contributed by atoms with Gasteiger partial charge in [-0.25, -0.2) is 5.43 Å². The van der Waals surface area contributed by atoms with Gasteiger partial charge in [0.25, 0.3) is 11.6 Å². The molecule has 0 radical (unpaired) electrons. The summed E-state index contributed by atoms with van der Waals surface area (Å²) in [4.78, 5) is 22.7. The van der Waals surface area contributed by atoms with Crippen LogP contribution in [0.25, 0.3) is 0 Å². The molecule has 0 saturated carbocycles. The number of nitro groups is 1. The van der Waals surface area contributed by atoms with Gasteiger partial charge in [-0.1, -0.05) is 23.2 Å². The number of nitrogens with one attached hydrogen (secondary N) is 1. The Morgan fingerprint density at radius 3 is 2.46 bits per heavy atom. The van der Waals surface area contributed by atoms with Crippen LogP contribution in [0.3, 0.4) is 0 Å². The Labute approximate surface area is 158 Å². The number of nitrogens with zero attached hydrogens (tertiary/aromatic N) is 2. The van der Waals surface area contributed by atoms with E-state index < -0.39 is 10.8 Å². The van der Waals surface area contributed by atoms with Crippen molar-refractivity contribution in [2.45, 2.75) is 0 Å². The van der Waals surface area contributed by atoms with Crippen molar-refractivity contribution in [2.75, 3.05) is 14.2 Å². The summed E-state index contributed by atoms with van der Waals surface area (Å²) in [5, 5.41) is 15.5. The first-order valence-electron chi connectivity index (χ1n) is 7.06. The highest BCUT2D eigenvalue weighted by Crippen LogP contribution is 2.33. The Morgan fingerprint density at radius 2 is 1.85 bits per heavy atom. The van der Waals surface area contributed by atoms with Gasteiger partial charge in [0.15, 0.2) is 11.5 Å². The Balaban J connectivity index is 2.28. The number of hydrogen-bond acceptors (Lipinski definition) is 6. The summed E-state index contributed by atoms with van der Waals surface area (Å²) in [6, 6.07) is 6.97. The summed E-state index contributed by atoms with van der Waals surface area (Å²) >= 11 is 11.8. The van der Waals surface area contributed by atoms with Gasteiger partial charge in [-0.3, -0.25) is 14.9 Å². The number of hydrazone groups is 1. The van der Waals surface area contributed by atoms with E-state index in [4.69, 9.17) is 32.7 Å². The normalized spacial score (nSPS) is 10.6. The van der Waals surface area contributed by atoms with E-state index in [1.807, 2.05) is 0 Å². The van der Waals surface area contributed by atoms with Gasteiger partial charge in [0.05, 0.1) is 47.6 Å². The number of methoxy groups -OCH3 is 2. The smallest absolute Gasteiger partial charge is 0.282 e. The van der Waals surface area contributed by atoms with Crippen LogP contribution >= 0.6 is 23.2 Å². The van der Waals surface area contributed by atoms with Crippen LogP contribution < -0.4 is 14.9 Å². The molecule has 0 spiro atoms. The van der Waals surface area contributed by atoms with E-state index in [2.05, 4.69) is 10.5 Å². The fraction of sp³-hybridized carbons (Fsp3) is 0.125. The molecule has 0 atom stereocenters. The van der Waals surface area contributed by atoms with Crippen molar-refractivity contribution in [3.05, 3.63) is 61.6 Å². The average Bonchev–Trinajstić information content (AvgIpc) is 2.62. The van der Waals surface area contributed by atoms with Crippen molar-refractivity contribution >= 4 is 41.0 Å². The third-order valence-electron chi connectivity index (χ3n) is 3.27. The second-order valence-electron chi connectivity index (χ2n) is 4.85. The molecule has 1 N–H and O–H groups in total. The summed E-state index contributed by atoms with van der Waals surface area (Å²) in [5.74, 6) is -0.133. The molecular weight excluding hydrogens is 385 g/mol. The summed E-state index contributed by atoms with van der Waals surface area (Å²) in [6.07, 6.45) is 1.12. The zero-order chi connectivity index (χ0) is 19.3. The zero-order valence-corrected chi connectivity index (χ0v) is 15.2. The number of rotatable bonds is 6. The second kappa shape index (κ2) is 8.50. The Morgan fingerprint density at radius 1 is 1.19 bits per heavy atom. The van der Waals surface area contributed by atoms with Crippen LogP contribution in [0.15, 0.2) is 35.4 Å². The number of hydrogen-bond donors (Lipinski definition) is 1. The lowest BCUT2D eigenvalue weighted by Crippen LogP contribution is -2.18. The maximum atomic E-state index is 12.1. The molecule has 2 aromatic rings. The van der Waals surface area contributed by atoms with E-state index in [9.17, 15) is 14.9 Å². The van der Waals surface area contributed by atoms with Crippen LogP contribution in [0.5, 0.6) is 11.5 Å². The van der Waals surface area contributed by atoms with E-state index in [1.54, 1.807) is 0 Å². The number of carbonyl (C=O) groups excluding carboxylic acids is 1. The summed E-state index contributed by atoms with van der Waals surface area (Å²) < 4.78 is 10.1.